The van der Waals surface area contributed by atoms with Crippen molar-refractivity contribution in [3.05, 3.63) is 42.5 Å². The van der Waals surface area contributed by atoms with Gasteiger partial charge in [0.05, 0.1) is 11.4 Å². The van der Waals surface area contributed by atoms with Crippen LogP contribution in [0.2, 0.25) is 0 Å². The van der Waals surface area contributed by atoms with E-state index in [1.807, 2.05) is 23.1 Å². The minimum absolute atomic E-state index is 0.320. The van der Waals surface area contributed by atoms with E-state index < -0.39 is 0 Å². The molecule has 1 heterocycles. The Morgan fingerprint density at radius 2 is 1.54 bits per heavy atom. The van der Waals surface area contributed by atoms with Crippen molar-refractivity contribution >= 4 is 34.7 Å². The van der Waals surface area contributed by atoms with Crippen LogP contribution in [0.3, 0.4) is 0 Å². The fourth-order valence-electron chi connectivity index (χ4n) is 3.25. The van der Waals surface area contributed by atoms with Crippen LogP contribution in [0.5, 0.6) is 0 Å². The molecule has 2 aromatic carbocycles. The summed E-state index contributed by atoms with van der Waals surface area (Å²) in [5, 5.41) is 0. The van der Waals surface area contributed by atoms with Crippen molar-refractivity contribution < 1.29 is 4.79 Å². The summed E-state index contributed by atoms with van der Waals surface area (Å²) < 4.78 is 0. The molecule has 4 rings (SSSR count). The lowest BCUT2D eigenvalue weighted by Gasteiger charge is -2.36. The molecule has 0 bridgehead atoms. The number of piperazine rings is 1. The minimum Gasteiger partial charge on any atom is -0.397 e. The van der Waals surface area contributed by atoms with E-state index in [0.29, 0.717) is 23.2 Å². The van der Waals surface area contributed by atoms with Crippen LogP contribution in [0.4, 0.5) is 17.1 Å². The summed E-state index contributed by atoms with van der Waals surface area (Å²) in [7, 11) is 0. The third kappa shape index (κ3) is 3.75. The van der Waals surface area contributed by atoms with E-state index in [-0.39, 0.29) is 0 Å². The van der Waals surface area contributed by atoms with Gasteiger partial charge in [0.15, 0.2) is 0 Å². The van der Waals surface area contributed by atoms with Gasteiger partial charge >= 0.3 is 0 Å². The Labute approximate surface area is 158 Å². The highest BCUT2D eigenvalue weighted by Gasteiger charge is 2.34. The molecular formula is C20H24N4OS. The maximum atomic E-state index is 12.2. The number of amides is 1. The Bertz CT molecular complexity index is 796. The number of nitrogens with two attached hydrogens (primary N) is 2. The number of carbonyl (C=O) groups excluding carboxylic acids is 1. The SMILES string of the molecule is Nc1ccc(Sc2ccc(N3CCN(C(=O)C4CC4)CC3)cc2)cc1N. The second kappa shape index (κ2) is 7.11. The van der Waals surface area contributed by atoms with E-state index in [1.54, 1.807) is 11.8 Å². The molecule has 26 heavy (non-hydrogen) atoms. The summed E-state index contributed by atoms with van der Waals surface area (Å²) in [5.74, 6) is 0.680. The van der Waals surface area contributed by atoms with Crippen molar-refractivity contribution in [2.45, 2.75) is 22.6 Å². The molecule has 0 unspecified atom stereocenters. The van der Waals surface area contributed by atoms with Crippen molar-refractivity contribution in [3.63, 3.8) is 0 Å². The molecule has 2 aromatic rings. The largest absolute Gasteiger partial charge is 0.397 e. The summed E-state index contributed by atoms with van der Waals surface area (Å²) in [6.45, 7) is 3.46. The lowest BCUT2D eigenvalue weighted by atomic mass is 10.2. The van der Waals surface area contributed by atoms with E-state index >= 15 is 0 Å². The molecule has 0 aromatic heterocycles. The molecule has 6 heteroatoms. The topological polar surface area (TPSA) is 75.6 Å². The first-order valence-corrected chi connectivity index (χ1v) is 9.88. The first kappa shape index (κ1) is 17.1. The smallest absolute Gasteiger partial charge is 0.225 e. The number of carbonyl (C=O) groups is 1. The van der Waals surface area contributed by atoms with Crippen molar-refractivity contribution in [2.75, 3.05) is 42.5 Å². The molecule has 0 radical (unpaired) electrons. The number of benzene rings is 2. The van der Waals surface area contributed by atoms with Gasteiger partial charge in [0.1, 0.15) is 0 Å². The van der Waals surface area contributed by atoms with E-state index in [4.69, 9.17) is 11.5 Å². The molecular weight excluding hydrogens is 344 g/mol. The zero-order chi connectivity index (χ0) is 18.1. The molecule has 1 saturated carbocycles. The van der Waals surface area contributed by atoms with Crippen LogP contribution < -0.4 is 16.4 Å². The lowest BCUT2D eigenvalue weighted by Crippen LogP contribution is -2.49. The zero-order valence-corrected chi connectivity index (χ0v) is 15.5. The van der Waals surface area contributed by atoms with Gasteiger partial charge in [0.2, 0.25) is 5.91 Å². The molecule has 5 nitrogen and oxygen atoms in total. The van der Waals surface area contributed by atoms with Crippen molar-refractivity contribution in [1.82, 2.24) is 4.90 Å². The van der Waals surface area contributed by atoms with Crippen LogP contribution in [0.15, 0.2) is 52.3 Å². The highest BCUT2D eigenvalue weighted by atomic mass is 32.2. The van der Waals surface area contributed by atoms with Crippen molar-refractivity contribution in [1.29, 1.82) is 0 Å². The number of rotatable bonds is 4. The minimum atomic E-state index is 0.320. The molecule has 2 aliphatic rings. The molecule has 1 amide bonds. The summed E-state index contributed by atoms with van der Waals surface area (Å²) in [5.41, 5.74) is 14.1. The lowest BCUT2D eigenvalue weighted by molar-refractivity contribution is -0.132. The number of hydrogen-bond acceptors (Lipinski definition) is 5. The number of hydrogen-bond donors (Lipinski definition) is 2. The van der Waals surface area contributed by atoms with E-state index in [9.17, 15) is 4.79 Å². The first-order valence-electron chi connectivity index (χ1n) is 9.07. The highest BCUT2D eigenvalue weighted by molar-refractivity contribution is 7.99. The number of anilines is 3. The van der Waals surface area contributed by atoms with E-state index in [1.165, 1.54) is 10.6 Å². The average molecular weight is 369 g/mol. The number of nitrogens with zero attached hydrogens (tertiary/aromatic N) is 2. The molecule has 136 valence electrons. The molecule has 0 atom stereocenters. The third-order valence-electron chi connectivity index (χ3n) is 5.01. The van der Waals surface area contributed by atoms with Gasteiger partial charge in [-0.25, -0.2) is 0 Å². The maximum Gasteiger partial charge on any atom is 0.225 e. The molecule has 0 spiro atoms. The summed E-state index contributed by atoms with van der Waals surface area (Å²) >= 11 is 1.67. The van der Waals surface area contributed by atoms with Crippen LogP contribution in [-0.2, 0) is 4.79 Å². The predicted octanol–water partition coefficient (Wildman–Crippen LogP) is 3.06. The van der Waals surface area contributed by atoms with E-state index in [0.717, 1.165) is 43.9 Å². The molecule has 1 aliphatic heterocycles. The second-order valence-electron chi connectivity index (χ2n) is 6.97. The van der Waals surface area contributed by atoms with Gasteiger partial charge in [-0.3, -0.25) is 4.79 Å². The van der Waals surface area contributed by atoms with Crippen LogP contribution in [0, 0.1) is 5.92 Å². The quantitative estimate of drug-likeness (QED) is 0.811. The van der Waals surface area contributed by atoms with E-state index in [2.05, 4.69) is 29.2 Å². The molecule has 1 aliphatic carbocycles. The van der Waals surface area contributed by atoms with Gasteiger partial charge in [-0.2, -0.15) is 0 Å². The summed E-state index contributed by atoms with van der Waals surface area (Å²) in [6.07, 6.45) is 2.16. The molecule has 1 saturated heterocycles. The Kier molecular flexibility index (Phi) is 4.68. The van der Waals surface area contributed by atoms with Crippen LogP contribution in [0.25, 0.3) is 0 Å². The van der Waals surface area contributed by atoms with Gasteiger partial charge in [0.25, 0.3) is 0 Å². The Balaban J connectivity index is 1.35. The number of nitrogen functional groups attached to an aromatic ring is 2. The van der Waals surface area contributed by atoms with Crippen LogP contribution in [0.1, 0.15) is 12.8 Å². The molecule has 4 N–H and O–H groups in total. The fourth-order valence-corrected chi connectivity index (χ4v) is 4.12. The van der Waals surface area contributed by atoms with Gasteiger partial charge in [-0.05, 0) is 55.3 Å². The predicted molar refractivity (Wildman–Crippen MR) is 107 cm³/mol. The van der Waals surface area contributed by atoms with Crippen molar-refractivity contribution in [2.24, 2.45) is 5.92 Å². The van der Waals surface area contributed by atoms with Gasteiger partial charge < -0.3 is 21.3 Å². The van der Waals surface area contributed by atoms with Gasteiger partial charge in [-0.1, -0.05) is 11.8 Å². The maximum absolute atomic E-state index is 12.2. The average Bonchev–Trinajstić information content (AvgIpc) is 3.50. The third-order valence-corrected chi connectivity index (χ3v) is 6.01. The normalized spacial score (nSPS) is 17.4. The second-order valence-corrected chi connectivity index (χ2v) is 8.12. The Morgan fingerprint density at radius 1 is 0.885 bits per heavy atom. The van der Waals surface area contributed by atoms with Crippen LogP contribution in [-0.4, -0.2) is 37.0 Å². The zero-order valence-electron chi connectivity index (χ0n) is 14.7. The summed E-state index contributed by atoms with van der Waals surface area (Å²) in [6, 6.07) is 14.3. The van der Waals surface area contributed by atoms with Crippen molar-refractivity contribution in [3.8, 4) is 0 Å². The molecule has 2 fully saturated rings. The summed E-state index contributed by atoms with van der Waals surface area (Å²) in [4.78, 5) is 18.8. The monoisotopic (exact) mass is 368 g/mol. The fraction of sp³-hybridized carbons (Fsp3) is 0.350. The Hall–Kier alpha value is -2.34. The highest BCUT2D eigenvalue weighted by Crippen LogP contribution is 2.33. The van der Waals surface area contributed by atoms with Gasteiger partial charge in [-0.15, -0.1) is 0 Å². The van der Waals surface area contributed by atoms with Crippen LogP contribution >= 0.6 is 11.8 Å². The Morgan fingerprint density at radius 3 is 2.15 bits per heavy atom. The standard InChI is InChI=1S/C20H24N4OS/c21-18-8-7-17(13-19(18)22)26-16-5-3-15(4-6-16)23-9-11-24(12-10-23)20(25)14-1-2-14/h3-8,13-14H,1-2,9-12,21-22H2. The first-order chi connectivity index (χ1) is 12.6. The van der Waals surface area contributed by atoms with Gasteiger partial charge in [0, 0.05) is 47.6 Å².